The quantitative estimate of drug-likeness (QED) is 0.915. The molecule has 0 radical (unpaired) electrons. The van der Waals surface area contributed by atoms with Gasteiger partial charge in [-0.05, 0) is 50.3 Å². The van der Waals surface area contributed by atoms with Crippen LogP contribution in [0, 0.1) is 6.92 Å². The summed E-state index contributed by atoms with van der Waals surface area (Å²) in [4.78, 5) is 12.5. The summed E-state index contributed by atoms with van der Waals surface area (Å²) in [6, 6.07) is 6.41. The minimum Gasteiger partial charge on any atom is -0.545 e. The number of aromatic carboxylic acids is 1. The Labute approximate surface area is 139 Å². The molecule has 1 heterocycles. The number of thiophene rings is 1. The summed E-state index contributed by atoms with van der Waals surface area (Å²) in [5, 5.41) is 11.6. The molecule has 23 heavy (non-hydrogen) atoms. The van der Waals surface area contributed by atoms with E-state index in [1.54, 1.807) is 12.1 Å². The fourth-order valence-corrected chi connectivity index (χ4v) is 5.33. The van der Waals surface area contributed by atoms with Crippen LogP contribution in [0.1, 0.15) is 39.2 Å². The van der Waals surface area contributed by atoms with Gasteiger partial charge in [0.05, 0.1) is 10.9 Å². The van der Waals surface area contributed by atoms with Gasteiger partial charge in [-0.1, -0.05) is 17.7 Å². The molecule has 1 aliphatic rings. The summed E-state index contributed by atoms with van der Waals surface area (Å²) in [5.41, 5.74) is 1.68. The van der Waals surface area contributed by atoms with Gasteiger partial charge in [-0.3, -0.25) is 4.72 Å². The molecule has 0 aliphatic heterocycles. The van der Waals surface area contributed by atoms with E-state index >= 15 is 0 Å². The Morgan fingerprint density at radius 2 is 1.83 bits per heavy atom. The SMILES string of the molecule is Cc1ccc(S(=O)(=O)Nc2sc3c(c2C(=O)[O-])CCCC3)cc1. The molecule has 1 aromatic carbocycles. The van der Waals surface area contributed by atoms with Crippen molar-refractivity contribution in [2.45, 2.75) is 37.5 Å². The molecular formula is C16H16NO4S2-. The molecule has 1 aliphatic carbocycles. The first-order valence-corrected chi connectivity index (χ1v) is 9.64. The highest BCUT2D eigenvalue weighted by Crippen LogP contribution is 2.38. The smallest absolute Gasteiger partial charge is 0.262 e. The molecule has 5 nitrogen and oxygen atoms in total. The molecule has 1 aromatic heterocycles. The maximum atomic E-state index is 12.5. The van der Waals surface area contributed by atoms with E-state index in [1.807, 2.05) is 6.92 Å². The van der Waals surface area contributed by atoms with Crippen molar-refractivity contribution in [3.8, 4) is 0 Å². The van der Waals surface area contributed by atoms with Crippen LogP contribution in [-0.4, -0.2) is 14.4 Å². The van der Waals surface area contributed by atoms with E-state index in [2.05, 4.69) is 4.72 Å². The Hall–Kier alpha value is -1.86. The van der Waals surface area contributed by atoms with Crippen LogP contribution < -0.4 is 9.83 Å². The molecule has 0 amide bonds. The fraction of sp³-hybridized carbons (Fsp3) is 0.312. The second-order valence-electron chi connectivity index (χ2n) is 5.62. The number of nitrogens with one attached hydrogen (secondary N) is 1. The molecule has 2 aromatic rings. The zero-order chi connectivity index (χ0) is 16.6. The summed E-state index contributed by atoms with van der Waals surface area (Å²) < 4.78 is 27.4. The van der Waals surface area contributed by atoms with Gasteiger partial charge in [-0.15, -0.1) is 11.3 Å². The van der Waals surface area contributed by atoms with Gasteiger partial charge in [0.1, 0.15) is 5.00 Å². The number of anilines is 1. The van der Waals surface area contributed by atoms with Crippen molar-refractivity contribution in [3.63, 3.8) is 0 Å². The Balaban J connectivity index is 2.01. The van der Waals surface area contributed by atoms with Gasteiger partial charge < -0.3 is 9.90 Å². The molecule has 0 spiro atoms. The Bertz CT molecular complexity index is 851. The molecule has 122 valence electrons. The monoisotopic (exact) mass is 350 g/mol. The van der Waals surface area contributed by atoms with Gasteiger partial charge in [0.25, 0.3) is 10.0 Å². The van der Waals surface area contributed by atoms with Crippen molar-refractivity contribution in [1.82, 2.24) is 0 Å². The van der Waals surface area contributed by atoms with Gasteiger partial charge in [-0.2, -0.15) is 0 Å². The van der Waals surface area contributed by atoms with Gasteiger partial charge >= 0.3 is 0 Å². The zero-order valence-electron chi connectivity index (χ0n) is 12.6. The van der Waals surface area contributed by atoms with Crippen LogP contribution >= 0.6 is 11.3 Å². The first-order valence-electron chi connectivity index (χ1n) is 7.34. The lowest BCUT2D eigenvalue weighted by Gasteiger charge is -2.14. The molecule has 0 atom stereocenters. The number of sulfonamides is 1. The van der Waals surface area contributed by atoms with E-state index in [-0.39, 0.29) is 15.5 Å². The molecule has 0 unspecified atom stereocenters. The third-order valence-corrected chi connectivity index (χ3v) is 6.64. The lowest BCUT2D eigenvalue weighted by Crippen LogP contribution is -2.25. The van der Waals surface area contributed by atoms with Crippen LogP contribution in [0.3, 0.4) is 0 Å². The molecule has 0 saturated carbocycles. The normalized spacial score (nSPS) is 14.3. The summed E-state index contributed by atoms with van der Waals surface area (Å²) in [6.07, 6.45) is 3.34. The first kappa shape index (κ1) is 16.0. The zero-order valence-corrected chi connectivity index (χ0v) is 14.2. The van der Waals surface area contributed by atoms with Crippen molar-refractivity contribution in [2.24, 2.45) is 0 Å². The molecule has 0 fully saturated rings. The van der Waals surface area contributed by atoms with Crippen molar-refractivity contribution >= 4 is 32.3 Å². The van der Waals surface area contributed by atoms with E-state index < -0.39 is 16.0 Å². The minimum absolute atomic E-state index is 0.000358. The minimum atomic E-state index is -3.82. The van der Waals surface area contributed by atoms with Gasteiger partial charge in [0.2, 0.25) is 0 Å². The van der Waals surface area contributed by atoms with Gasteiger partial charge in [0, 0.05) is 10.4 Å². The number of carbonyl (C=O) groups is 1. The molecule has 3 rings (SSSR count). The highest BCUT2D eigenvalue weighted by atomic mass is 32.2. The van der Waals surface area contributed by atoms with Crippen LogP contribution in [0.2, 0.25) is 0 Å². The van der Waals surface area contributed by atoms with E-state index in [0.717, 1.165) is 35.3 Å². The van der Waals surface area contributed by atoms with E-state index in [1.165, 1.54) is 23.5 Å². The third-order valence-electron chi connectivity index (χ3n) is 3.93. The van der Waals surface area contributed by atoms with Crippen LogP contribution in [0.4, 0.5) is 5.00 Å². The Morgan fingerprint density at radius 3 is 2.48 bits per heavy atom. The largest absolute Gasteiger partial charge is 0.545 e. The summed E-state index contributed by atoms with van der Waals surface area (Å²) in [7, 11) is -3.82. The van der Waals surface area contributed by atoms with Gasteiger partial charge in [0.15, 0.2) is 0 Å². The van der Waals surface area contributed by atoms with Crippen LogP contribution in [0.15, 0.2) is 29.2 Å². The number of fused-ring (bicyclic) bond motifs is 1. The summed E-state index contributed by atoms with van der Waals surface area (Å²) >= 11 is 1.20. The first-order chi connectivity index (χ1) is 10.9. The number of benzene rings is 1. The maximum Gasteiger partial charge on any atom is 0.262 e. The van der Waals surface area contributed by atoms with E-state index in [9.17, 15) is 18.3 Å². The predicted molar refractivity (Wildman–Crippen MR) is 87.3 cm³/mol. The highest BCUT2D eigenvalue weighted by molar-refractivity contribution is 7.93. The number of carboxylic acid groups (broad SMARTS) is 1. The summed E-state index contributed by atoms with van der Waals surface area (Å²) in [6.45, 7) is 1.87. The van der Waals surface area contributed by atoms with Crippen molar-refractivity contribution < 1.29 is 18.3 Å². The molecule has 0 saturated heterocycles. The lowest BCUT2D eigenvalue weighted by molar-refractivity contribution is -0.254. The Kier molecular flexibility index (Phi) is 4.16. The van der Waals surface area contributed by atoms with Crippen LogP contribution in [0.25, 0.3) is 0 Å². The second kappa shape index (κ2) is 5.98. The topological polar surface area (TPSA) is 86.3 Å². The lowest BCUT2D eigenvalue weighted by atomic mass is 9.96. The predicted octanol–water partition coefficient (Wildman–Crippen LogP) is 2.10. The van der Waals surface area contributed by atoms with Crippen molar-refractivity contribution in [1.29, 1.82) is 0 Å². The molecule has 1 N–H and O–H groups in total. The number of hydrogen-bond acceptors (Lipinski definition) is 5. The fourth-order valence-electron chi connectivity index (χ4n) is 2.75. The van der Waals surface area contributed by atoms with Crippen LogP contribution in [-0.2, 0) is 22.9 Å². The van der Waals surface area contributed by atoms with Crippen LogP contribution in [0.5, 0.6) is 0 Å². The standard InChI is InChI=1S/C16H17NO4S2/c1-10-6-8-11(9-7-10)23(20,21)17-15-14(16(18)19)12-4-2-3-5-13(12)22-15/h6-9,17H,2-5H2,1H3,(H,18,19)/p-1. The molecular weight excluding hydrogens is 334 g/mol. The van der Waals surface area contributed by atoms with E-state index in [4.69, 9.17) is 0 Å². The number of carboxylic acids is 1. The number of rotatable bonds is 4. The van der Waals surface area contributed by atoms with E-state index in [0.29, 0.717) is 6.42 Å². The highest BCUT2D eigenvalue weighted by Gasteiger charge is 2.24. The average molecular weight is 350 g/mol. The Morgan fingerprint density at radius 1 is 1.17 bits per heavy atom. The number of hydrogen-bond donors (Lipinski definition) is 1. The third kappa shape index (κ3) is 3.11. The maximum absolute atomic E-state index is 12.5. The van der Waals surface area contributed by atoms with Crippen molar-refractivity contribution in [3.05, 3.63) is 45.8 Å². The average Bonchev–Trinajstić information content (AvgIpc) is 2.84. The van der Waals surface area contributed by atoms with Gasteiger partial charge in [-0.25, -0.2) is 8.42 Å². The molecule has 0 bridgehead atoms. The van der Waals surface area contributed by atoms with Crippen molar-refractivity contribution in [2.75, 3.05) is 4.72 Å². The summed E-state index contributed by atoms with van der Waals surface area (Å²) in [5.74, 6) is -1.33. The second-order valence-corrected chi connectivity index (χ2v) is 8.41. The molecule has 7 heteroatoms. The number of carbonyl (C=O) groups excluding carboxylic acids is 1. The number of aryl methyl sites for hydroxylation is 2.